The lowest BCUT2D eigenvalue weighted by molar-refractivity contribution is -0.141. The Morgan fingerprint density at radius 2 is 1.45 bits per heavy atom. The summed E-state index contributed by atoms with van der Waals surface area (Å²) in [4.78, 5) is 32.9. The van der Waals surface area contributed by atoms with Gasteiger partial charge in [0.2, 0.25) is 5.91 Å². The summed E-state index contributed by atoms with van der Waals surface area (Å²) in [5, 5.41) is 2.99. The summed E-state index contributed by atoms with van der Waals surface area (Å²) in [6.07, 6.45) is 5.64. The van der Waals surface area contributed by atoms with Crippen LogP contribution in [0.25, 0.3) is 0 Å². The van der Waals surface area contributed by atoms with E-state index in [1.807, 2.05) is 35.2 Å². The summed E-state index contributed by atoms with van der Waals surface area (Å²) < 4.78 is 0. The molecule has 5 rings (SSSR count). The Labute approximate surface area is 196 Å². The lowest BCUT2D eigenvalue weighted by Gasteiger charge is -2.43. The van der Waals surface area contributed by atoms with Crippen LogP contribution in [0.15, 0.2) is 54.6 Å². The van der Waals surface area contributed by atoms with Gasteiger partial charge in [-0.2, -0.15) is 0 Å². The van der Waals surface area contributed by atoms with E-state index >= 15 is 0 Å². The number of piperazine rings is 1. The van der Waals surface area contributed by atoms with Crippen LogP contribution in [0.3, 0.4) is 0 Å². The number of para-hydroxylation sites is 1. The zero-order valence-corrected chi connectivity index (χ0v) is 19.3. The number of benzene rings is 2. The molecule has 1 saturated carbocycles. The molecule has 2 aliphatic heterocycles. The number of carbonyl (C=O) groups excluding carboxylic acids is 2. The second kappa shape index (κ2) is 9.96. The van der Waals surface area contributed by atoms with E-state index in [2.05, 4.69) is 39.4 Å². The Hall–Kier alpha value is -2.86. The largest absolute Gasteiger partial charge is 0.337 e. The fourth-order valence-corrected chi connectivity index (χ4v) is 5.73. The third-order valence-corrected chi connectivity index (χ3v) is 7.56. The van der Waals surface area contributed by atoms with Gasteiger partial charge in [-0.05, 0) is 48.4 Å². The normalized spacial score (nSPS) is 20.4. The number of fused-ring (bicyclic) bond motifs is 1. The van der Waals surface area contributed by atoms with E-state index in [-0.39, 0.29) is 12.1 Å². The van der Waals surface area contributed by atoms with Crippen molar-refractivity contribution < 1.29 is 9.59 Å². The summed E-state index contributed by atoms with van der Waals surface area (Å²) in [5.74, 6) is 0.720. The molecule has 2 heterocycles. The molecule has 2 aromatic carbocycles. The monoisotopic (exact) mass is 446 g/mol. The molecule has 2 fully saturated rings. The molecule has 1 aliphatic carbocycles. The number of nitrogens with zero attached hydrogens (tertiary/aromatic N) is 3. The molecular formula is C27H34N4O2. The lowest BCUT2D eigenvalue weighted by Crippen LogP contribution is -2.59. The zero-order chi connectivity index (χ0) is 22.6. The second-order valence-electron chi connectivity index (χ2n) is 9.59. The highest BCUT2D eigenvalue weighted by Crippen LogP contribution is 2.33. The fourth-order valence-electron chi connectivity index (χ4n) is 5.73. The van der Waals surface area contributed by atoms with Gasteiger partial charge in [0.05, 0.1) is 6.04 Å². The fraction of sp³-hybridized carbons (Fsp3) is 0.481. The predicted molar refractivity (Wildman–Crippen MR) is 130 cm³/mol. The van der Waals surface area contributed by atoms with Crippen LogP contribution in [-0.2, 0) is 17.8 Å². The predicted octanol–water partition coefficient (Wildman–Crippen LogP) is 3.98. The molecule has 3 aliphatic rings. The smallest absolute Gasteiger partial charge is 0.321 e. The number of hydrogen-bond acceptors (Lipinski definition) is 3. The molecule has 0 bridgehead atoms. The second-order valence-corrected chi connectivity index (χ2v) is 9.59. The van der Waals surface area contributed by atoms with Crippen LogP contribution < -0.4 is 5.32 Å². The van der Waals surface area contributed by atoms with Gasteiger partial charge in [-0.1, -0.05) is 55.3 Å². The topological polar surface area (TPSA) is 55.9 Å². The number of hydrogen-bond donors (Lipinski definition) is 1. The summed E-state index contributed by atoms with van der Waals surface area (Å²) in [6.45, 7) is 4.32. The number of nitrogens with one attached hydrogen (secondary N) is 1. The van der Waals surface area contributed by atoms with Gasteiger partial charge in [-0.25, -0.2) is 4.79 Å². The Bertz CT molecular complexity index is 965. The minimum Gasteiger partial charge on any atom is -0.337 e. The number of urea groups is 1. The third kappa shape index (κ3) is 4.91. The van der Waals surface area contributed by atoms with E-state index in [0.717, 1.165) is 51.1 Å². The lowest BCUT2D eigenvalue weighted by atomic mass is 9.92. The van der Waals surface area contributed by atoms with Crippen LogP contribution in [-0.4, -0.2) is 65.4 Å². The minimum atomic E-state index is -0.0582. The van der Waals surface area contributed by atoms with Crippen molar-refractivity contribution in [2.45, 2.75) is 44.7 Å². The van der Waals surface area contributed by atoms with E-state index in [1.54, 1.807) is 0 Å². The van der Waals surface area contributed by atoms with Crippen molar-refractivity contribution in [3.8, 4) is 0 Å². The molecule has 1 N–H and O–H groups in total. The first-order valence-electron chi connectivity index (χ1n) is 12.4. The van der Waals surface area contributed by atoms with Crippen molar-refractivity contribution in [3.05, 3.63) is 65.7 Å². The summed E-state index contributed by atoms with van der Waals surface area (Å²) >= 11 is 0. The Kier molecular flexibility index (Phi) is 6.63. The molecule has 2 aromatic rings. The highest BCUT2D eigenvalue weighted by Gasteiger charge is 2.39. The average Bonchev–Trinajstić information content (AvgIpc) is 3.39. The average molecular weight is 447 g/mol. The molecule has 1 unspecified atom stereocenters. The van der Waals surface area contributed by atoms with Crippen molar-refractivity contribution in [1.29, 1.82) is 0 Å². The maximum absolute atomic E-state index is 13.8. The van der Waals surface area contributed by atoms with Crippen LogP contribution in [0.5, 0.6) is 0 Å². The summed E-state index contributed by atoms with van der Waals surface area (Å²) in [5.41, 5.74) is 3.47. The maximum Gasteiger partial charge on any atom is 0.321 e. The van der Waals surface area contributed by atoms with Gasteiger partial charge in [0.15, 0.2) is 0 Å². The maximum atomic E-state index is 13.8. The number of amides is 3. The molecule has 3 amide bonds. The molecule has 33 heavy (non-hydrogen) atoms. The van der Waals surface area contributed by atoms with Crippen molar-refractivity contribution in [1.82, 2.24) is 14.7 Å². The number of rotatable bonds is 4. The van der Waals surface area contributed by atoms with Crippen LogP contribution in [0, 0.1) is 5.92 Å². The first kappa shape index (κ1) is 22.0. The summed E-state index contributed by atoms with van der Waals surface area (Å²) in [7, 11) is 0. The molecule has 1 atom stereocenters. The molecule has 0 spiro atoms. The zero-order valence-electron chi connectivity index (χ0n) is 19.3. The molecule has 6 heteroatoms. The summed E-state index contributed by atoms with van der Waals surface area (Å²) in [6, 6.07) is 18.0. The van der Waals surface area contributed by atoms with Gasteiger partial charge in [-0.15, -0.1) is 0 Å². The van der Waals surface area contributed by atoms with Crippen molar-refractivity contribution in [3.63, 3.8) is 0 Å². The van der Waals surface area contributed by atoms with Crippen molar-refractivity contribution in [2.75, 3.05) is 38.0 Å². The van der Waals surface area contributed by atoms with Crippen LogP contribution >= 0.6 is 0 Å². The minimum absolute atomic E-state index is 0.0581. The highest BCUT2D eigenvalue weighted by atomic mass is 16.2. The molecule has 1 saturated heterocycles. The van der Waals surface area contributed by atoms with E-state index < -0.39 is 0 Å². The SMILES string of the molecule is O=C(Nc1ccccc1)N1CCN(C(C(=O)N2CCc3ccccc3C2)C2CCCC2)CC1. The van der Waals surface area contributed by atoms with Crippen molar-refractivity contribution >= 4 is 17.6 Å². The first-order chi connectivity index (χ1) is 16.2. The van der Waals surface area contributed by atoms with E-state index in [0.29, 0.717) is 24.9 Å². The van der Waals surface area contributed by atoms with Gasteiger partial charge in [0.1, 0.15) is 0 Å². The first-order valence-corrected chi connectivity index (χ1v) is 12.4. The molecule has 0 radical (unpaired) electrons. The number of carbonyl (C=O) groups is 2. The van der Waals surface area contributed by atoms with Gasteiger partial charge in [0.25, 0.3) is 0 Å². The van der Waals surface area contributed by atoms with E-state index in [1.165, 1.54) is 24.0 Å². The van der Waals surface area contributed by atoms with Gasteiger partial charge in [0, 0.05) is 45.0 Å². The highest BCUT2D eigenvalue weighted by molar-refractivity contribution is 5.89. The molecular weight excluding hydrogens is 412 g/mol. The van der Waals surface area contributed by atoms with E-state index in [4.69, 9.17) is 0 Å². The van der Waals surface area contributed by atoms with Crippen LogP contribution in [0.4, 0.5) is 10.5 Å². The Morgan fingerprint density at radius 3 is 2.18 bits per heavy atom. The third-order valence-electron chi connectivity index (χ3n) is 7.56. The van der Waals surface area contributed by atoms with Gasteiger partial charge < -0.3 is 15.1 Å². The Balaban J connectivity index is 1.24. The number of anilines is 1. The van der Waals surface area contributed by atoms with E-state index in [9.17, 15) is 9.59 Å². The van der Waals surface area contributed by atoms with Crippen molar-refractivity contribution in [2.24, 2.45) is 5.92 Å². The standard InChI is InChI=1S/C27H34N4O2/c32-26(31-15-14-21-8-4-7-11-23(21)20-31)25(22-9-5-6-10-22)29-16-18-30(19-17-29)27(33)28-24-12-2-1-3-13-24/h1-4,7-8,11-13,22,25H,5-6,9-10,14-20H2,(H,28,33). The Morgan fingerprint density at radius 1 is 0.788 bits per heavy atom. The van der Waals surface area contributed by atoms with Gasteiger partial charge >= 0.3 is 6.03 Å². The molecule has 0 aromatic heterocycles. The molecule has 6 nitrogen and oxygen atoms in total. The molecule has 174 valence electrons. The van der Waals surface area contributed by atoms with Gasteiger partial charge in [-0.3, -0.25) is 9.69 Å². The quantitative estimate of drug-likeness (QED) is 0.773. The van der Waals surface area contributed by atoms with Crippen LogP contribution in [0.1, 0.15) is 36.8 Å². The van der Waals surface area contributed by atoms with Crippen LogP contribution in [0.2, 0.25) is 0 Å².